The second-order valence-electron chi connectivity index (χ2n) is 3.98. The largest absolute Gasteiger partial charge is 0.480 e. The molecule has 5 N–H and O–H groups in total. The molecule has 0 saturated heterocycles. The molecule has 3 amide bonds. The zero-order valence-electron chi connectivity index (χ0n) is 10.1. The molecule has 1 unspecified atom stereocenters. The summed E-state index contributed by atoms with van der Waals surface area (Å²) in [6, 6.07) is -0.621. The van der Waals surface area contributed by atoms with E-state index in [0.29, 0.717) is 12.8 Å². The minimum Gasteiger partial charge on any atom is -0.480 e. The number of urea groups is 1. The second-order valence-corrected chi connectivity index (χ2v) is 3.98. The van der Waals surface area contributed by atoms with Gasteiger partial charge in [-0.1, -0.05) is 13.3 Å². The number of carbonyl (C=O) groups is 3. The van der Waals surface area contributed by atoms with Crippen LogP contribution in [0, 0.1) is 0 Å². The zero-order chi connectivity index (χ0) is 13.5. The predicted octanol–water partition coefficient (Wildman–Crippen LogP) is -0.196. The summed E-state index contributed by atoms with van der Waals surface area (Å²) in [6.07, 6.45) is 0.973. The van der Waals surface area contributed by atoms with Gasteiger partial charge < -0.3 is 21.5 Å². The van der Waals surface area contributed by atoms with E-state index in [1.165, 1.54) is 6.92 Å². The van der Waals surface area contributed by atoms with Crippen LogP contribution in [0.2, 0.25) is 0 Å². The van der Waals surface area contributed by atoms with Crippen LogP contribution in [0.5, 0.6) is 0 Å². The van der Waals surface area contributed by atoms with Gasteiger partial charge in [0.2, 0.25) is 5.91 Å². The van der Waals surface area contributed by atoms with Gasteiger partial charge in [0.1, 0.15) is 5.54 Å². The first-order chi connectivity index (χ1) is 7.81. The summed E-state index contributed by atoms with van der Waals surface area (Å²) in [7, 11) is 0. The first kappa shape index (κ1) is 15.2. The van der Waals surface area contributed by atoms with Crippen LogP contribution in [-0.4, -0.2) is 35.1 Å². The number of carbonyl (C=O) groups excluding carboxylic acids is 2. The average Bonchev–Trinajstić information content (AvgIpc) is 2.16. The van der Waals surface area contributed by atoms with E-state index in [-0.39, 0.29) is 13.0 Å². The summed E-state index contributed by atoms with van der Waals surface area (Å²) in [5.41, 5.74) is 3.60. The maximum absolute atomic E-state index is 11.4. The molecule has 0 radical (unpaired) electrons. The minimum atomic E-state index is -1.30. The van der Waals surface area contributed by atoms with Gasteiger partial charge in [-0.2, -0.15) is 0 Å². The van der Waals surface area contributed by atoms with Gasteiger partial charge in [0.25, 0.3) is 0 Å². The number of primary amides is 1. The SMILES string of the molecule is CCCC(C)(NC(=O)NCCC(N)=O)C(=O)O. The maximum atomic E-state index is 11.4. The van der Waals surface area contributed by atoms with Gasteiger partial charge in [0, 0.05) is 13.0 Å². The van der Waals surface area contributed by atoms with Crippen LogP contribution >= 0.6 is 0 Å². The van der Waals surface area contributed by atoms with Gasteiger partial charge >= 0.3 is 12.0 Å². The molecule has 0 saturated carbocycles. The predicted molar refractivity (Wildman–Crippen MR) is 61.3 cm³/mol. The molecule has 0 aliphatic rings. The first-order valence-electron chi connectivity index (χ1n) is 5.39. The van der Waals surface area contributed by atoms with Crippen LogP contribution in [0.3, 0.4) is 0 Å². The fourth-order valence-corrected chi connectivity index (χ4v) is 1.32. The third-order valence-corrected chi connectivity index (χ3v) is 2.27. The Morgan fingerprint density at radius 3 is 2.35 bits per heavy atom. The Hall–Kier alpha value is -1.79. The van der Waals surface area contributed by atoms with Crippen molar-refractivity contribution in [3.63, 3.8) is 0 Å². The van der Waals surface area contributed by atoms with E-state index in [1.807, 2.05) is 6.92 Å². The number of nitrogens with two attached hydrogens (primary N) is 1. The lowest BCUT2D eigenvalue weighted by Gasteiger charge is -2.25. The molecule has 0 aliphatic heterocycles. The molecule has 0 aromatic rings. The number of hydrogen-bond acceptors (Lipinski definition) is 3. The molecule has 7 heteroatoms. The van der Waals surface area contributed by atoms with E-state index in [0.717, 1.165) is 0 Å². The number of rotatable bonds is 7. The second kappa shape index (κ2) is 6.72. The van der Waals surface area contributed by atoms with Crippen molar-refractivity contribution in [3.05, 3.63) is 0 Å². The molecule has 0 aromatic carbocycles. The van der Waals surface area contributed by atoms with Crippen molar-refractivity contribution in [2.75, 3.05) is 6.54 Å². The molecule has 0 heterocycles. The molecule has 1 atom stereocenters. The van der Waals surface area contributed by atoms with E-state index in [4.69, 9.17) is 10.8 Å². The lowest BCUT2D eigenvalue weighted by molar-refractivity contribution is -0.144. The molecule has 98 valence electrons. The highest BCUT2D eigenvalue weighted by Crippen LogP contribution is 2.12. The number of aliphatic carboxylic acids is 1. The van der Waals surface area contributed by atoms with E-state index in [2.05, 4.69) is 10.6 Å². The van der Waals surface area contributed by atoms with Crippen molar-refractivity contribution in [3.8, 4) is 0 Å². The molecule has 0 bridgehead atoms. The van der Waals surface area contributed by atoms with Crippen molar-refractivity contribution in [1.29, 1.82) is 0 Å². The Morgan fingerprint density at radius 1 is 1.35 bits per heavy atom. The highest BCUT2D eigenvalue weighted by atomic mass is 16.4. The normalized spacial score (nSPS) is 13.5. The van der Waals surface area contributed by atoms with Crippen molar-refractivity contribution in [2.45, 2.75) is 38.6 Å². The third kappa shape index (κ3) is 5.74. The van der Waals surface area contributed by atoms with E-state index < -0.39 is 23.4 Å². The average molecular weight is 245 g/mol. The standard InChI is InChI=1S/C10H19N3O4/c1-3-5-10(2,8(15)16)13-9(17)12-6-4-7(11)14/h3-6H2,1-2H3,(H2,11,14)(H,15,16)(H2,12,13,17). The Kier molecular flexibility index (Phi) is 6.01. The Bertz CT molecular complexity index is 306. The summed E-state index contributed by atoms with van der Waals surface area (Å²) in [6.45, 7) is 3.35. The van der Waals surface area contributed by atoms with Crippen LogP contribution in [0.15, 0.2) is 0 Å². The number of carboxylic acid groups (broad SMARTS) is 1. The van der Waals surface area contributed by atoms with Crippen molar-refractivity contribution < 1.29 is 19.5 Å². The van der Waals surface area contributed by atoms with Gasteiger partial charge in [-0.25, -0.2) is 9.59 Å². The Balaban J connectivity index is 4.22. The summed E-state index contributed by atoms with van der Waals surface area (Å²) in [5.74, 6) is -1.62. The molecule has 17 heavy (non-hydrogen) atoms. The van der Waals surface area contributed by atoms with Gasteiger partial charge in [-0.3, -0.25) is 4.79 Å². The van der Waals surface area contributed by atoms with Crippen LogP contribution in [0.25, 0.3) is 0 Å². The summed E-state index contributed by atoms with van der Waals surface area (Å²) in [5, 5.41) is 13.7. The number of hydrogen-bond donors (Lipinski definition) is 4. The molecule has 0 rings (SSSR count). The zero-order valence-corrected chi connectivity index (χ0v) is 10.1. The molecular formula is C10H19N3O4. The Labute approximate surface area is 99.7 Å². The fraction of sp³-hybridized carbons (Fsp3) is 0.700. The van der Waals surface area contributed by atoms with Crippen molar-refractivity contribution >= 4 is 17.9 Å². The lowest BCUT2D eigenvalue weighted by Crippen LogP contribution is -2.55. The first-order valence-corrected chi connectivity index (χ1v) is 5.39. The van der Waals surface area contributed by atoms with Crippen LogP contribution in [-0.2, 0) is 9.59 Å². The van der Waals surface area contributed by atoms with Crippen LogP contribution < -0.4 is 16.4 Å². The Morgan fingerprint density at radius 2 is 1.94 bits per heavy atom. The van der Waals surface area contributed by atoms with Gasteiger partial charge in [0.15, 0.2) is 0 Å². The van der Waals surface area contributed by atoms with Gasteiger partial charge in [0.05, 0.1) is 0 Å². The smallest absolute Gasteiger partial charge is 0.329 e. The monoisotopic (exact) mass is 245 g/mol. The number of amides is 3. The molecule has 0 spiro atoms. The summed E-state index contributed by atoms with van der Waals surface area (Å²) in [4.78, 5) is 32.8. The highest BCUT2D eigenvalue weighted by Gasteiger charge is 2.33. The van der Waals surface area contributed by atoms with Crippen molar-refractivity contribution in [2.24, 2.45) is 5.73 Å². The molecule has 0 aliphatic carbocycles. The lowest BCUT2D eigenvalue weighted by atomic mass is 9.97. The van der Waals surface area contributed by atoms with E-state index in [9.17, 15) is 14.4 Å². The van der Waals surface area contributed by atoms with Gasteiger partial charge in [-0.15, -0.1) is 0 Å². The van der Waals surface area contributed by atoms with Crippen LogP contribution in [0.4, 0.5) is 4.79 Å². The summed E-state index contributed by atoms with van der Waals surface area (Å²) >= 11 is 0. The highest BCUT2D eigenvalue weighted by molar-refractivity contribution is 5.86. The van der Waals surface area contributed by atoms with Gasteiger partial charge in [-0.05, 0) is 13.3 Å². The quantitative estimate of drug-likeness (QED) is 0.496. The van der Waals surface area contributed by atoms with Crippen LogP contribution in [0.1, 0.15) is 33.1 Å². The van der Waals surface area contributed by atoms with Crippen molar-refractivity contribution in [1.82, 2.24) is 10.6 Å². The number of carboxylic acids is 1. The topological polar surface area (TPSA) is 122 Å². The molecular weight excluding hydrogens is 226 g/mol. The third-order valence-electron chi connectivity index (χ3n) is 2.27. The van der Waals surface area contributed by atoms with E-state index >= 15 is 0 Å². The maximum Gasteiger partial charge on any atom is 0.329 e. The number of nitrogens with one attached hydrogen (secondary N) is 2. The molecule has 7 nitrogen and oxygen atoms in total. The fourth-order valence-electron chi connectivity index (χ4n) is 1.32. The molecule has 0 fully saturated rings. The summed E-state index contributed by atoms with van der Waals surface area (Å²) < 4.78 is 0. The van der Waals surface area contributed by atoms with E-state index in [1.54, 1.807) is 0 Å². The molecule has 0 aromatic heterocycles. The minimum absolute atomic E-state index is 0.0188.